The topological polar surface area (TPSA) is 54.9 Å². The highest BCUT2D eigenvalue weighted by atomic mass is 32.2. The zero-order valence-corrected chi connectivity index (χ0v) is 14.8. The maximum absolute atomic E-state index is 12.2. The lowest BCUT2D eigenvalue weighted by molar-refractivity contribution is 0.270. The average molecular weight is 339 g/mol. The largest absolute Gasteiger partial charge is 0.317 e. The summed E-state index contributed by atoms with van der Waals surface area (Å²) in [7, 11) is 0. The Morgan fingerprint density at radius 1 is 1.29 bits per heavy atom. The van der Waals surface area contributed by atoms with E-state index in [1.807, 2.05) is 49.4 Å². The number of carbonyl (C=O) groups excluding carboxylic acids is 1. The van der Waals surface area contributed by atoms with E-state index in [1.165, 1.54) is 11.8 Å². The molecule has 1 N–H and O–H groups in total. The van der Waals surface area contributed by atoms with Crippen LogP contribution >= 0.6 is 11.8 Å². The summed E-state index contributed by atoms with van der Waals surface area (Å²) in [5.74, 6) is 0. The monoisotopic (exact) mass is 339 g/mol. The first-order chi connectivity index (χ1) is 11.6. The van der Waals surface area contributed by atoms with E-state index in [1.54, 1.807) is 6.08 Å². The number of rotatable bonds is 6. The van der Waals surface area contributed by atoms with Gasteiger partial charge in [0.05, 0.1) is 11.4 Å². The normalized spacial score (nSPS) is 11.2. The fourth-order valence-corrected chi connectivity index (χ4v) is 3.00. The number of nitrogens with zero attached hydrogens (tertiary/aromatic N) is 2. The number of thioether (sulfide) groups is 1. The van der Waals surface area contributed by atoms with Gasteiger partial charge in [-0.1, -0.05) is 44.2 Å². The summed E-state index contributed by atoms with van der Waals surface area (Å²) in [5.41, 5.74) is 3.31. The molecule has 124 valence electrons. The van der Waals surface area contributed by atoms with Crippen LogP contribution in [0.25, 0.3) is 11.3 Å². The first-order valence-corrected chi connectivity index (χ1v) is 8.65. The lowest BCUT2D eigenvalue weighted by atomic mass is 10.1. The third kappa shape index (κ3) is 5.35. The molecule has 4 nitrogen and oxygen atoms in total. The highest BCUT2D eigenvalue weighted by Crippen LogP contribution is 2.25. The molecule has 2 aromatic rings. The van der Waals surface area contributed by atoms with Crippen LogP contribution in [-0.4, -0.2) is 15.4 Å². The maximum Gasteiger partial charge on any atom is 0.287 e. The smallest absolute Gasteiger partial charge is 0.287 e. The number of anilines is 1. The Bertz CT molecular complexity index is 739. The molecular formula is C19H21N3OS. The van der Waals surface area contributed by atoms with Crippen LogP contribution in [0.15, 0.2) is 60.0 Å². The molecule has 0 aliphatic heterocycles. The van der Waals surface area contributed by atoms with Crippen molar-refractivity contribution >= 4 is 22.7 Å². The van der Waals surface area contributed by atoms with Crippen molar-refractivity contribution in [1.29, 1.82) is 0 Å². The fourth-order valence-electron chi connectivity index (χ4n) is 2.12. The molecular weight excluding hydrogens is 318 g/mol. The second kappa shape index (κ2) is 9.03. The summed E-state index contributed by atoms with van der Waals surface area (Å²) in [5, 5.41) is 11.0. The molecule has 0 aliphatic rings. The van der Waals surface area contributed by atoms with Crippen molar-refractivity contribution < 1.29 is 4.79 Å². The minimum Gasteiger partial charge on any atom is -0.317 e. The molecule has 0 fully saturated rings. The van der Waals surface area contributed by atoms with Gasteiger partial charge in [0, 0.05) is 11.3 Å². The second-order valence-electron chi connectivity index (χ2n) is 5.27. The molecule has 1 heterocycles. The van der Waals surface area contributed by atoms with Gasteiger partial charge in [-0.2, -0.15) is 10.2 Å². The maximum atomic E-state index is 12.2. The third-order valence-electron chi connectivity index (χ3n) is 3.23. The zero-order chi connectivity index (χ0) is 17.4. The van der Waals surface area contributed by atoms with Crippen LogP contribution in [0, 0.1) is 6.92 Å². The third-order valence-corrected chi connectivity index (χ3v) is 4.12. The van der Waals surface area contributed by atoms with Crippen LogP contribution in [0.4, 0.5) is 10.5 Å². The van der Waals surface area contributed by atoms with Crippen molar-refractivity contribution in [3.05, 3.63) is 65.7 Å². The van der Waals surface area contributed by atoms with Crippen LogP contribution in [0.2, 0.25) is 0 Å². The lowest BCUT2D eigenvalue weighted by Crippen LogP contribution is -2.05. The van der Waals surface area contributed by atoms with E-state index < -0.39 is 0 Å². The van der Waals surface area contributed by atoms with E-state index >= 15 is 0 Å². The zero-order valence-electron chi connectivity index (χ0n) is 14.0. The van der Waals surface area contributed by atoms with Gasteiger partial charge in [0.25, 0.3) is 5.24 Å². The van der Waals surface area contributed by atoms with Crippen LogP contribution in [0.1, 0.15) is 25.5 Å². The number of hydrogen-bond donors (Lipinski definition) is 1. The van der Waals surface area contributed by atoms with E-state index in [-0.39, 0.29) is 5.24 Å². The Kier molecular flexibility index (Phi) is 6.75. The summed E-state index contributed by atoms with van der Waals surface area (Å²) in [6.45, 7) is 7.67. The first kappa shape index (κ1) is 17.9. The minimum absolute atomic E-state index is 0.108. The Labute approximate surface area is 147 Å². The molecule has 0 aliphatic carbocycles. The van der Waals surface area contributed by atoms with Gasteiger partial charge < -0.3 is 5.32 Å². The van der Waals surface area contributed by atoms with Crippen LogP contribution in [-0.2, 0) is 0 Å². The van der Waals surface area contributed by atoms with E-state index in [4.69, 9.17) is 0 Å². The molecule has 1 aromatic heterocycles. The Morgan fingerprint density at radius 2 is 2.12 bits per heavy atom. The van der Waals surface area contributed by atoms with E-state index in [2.05, 4.69) is 29.0 Å². The number of amides is 1. The summed E-state index contributed by atoms with van der Waals surface area (Å²) in [6, 6.07) is 11.4. The molecule has 1 amide bonds. The SMILES string of the molecule is C=C/C=C(\CCC)SC(=O)Nc1cccc(-c2ccc(C)nn2)c1. The molecule has 2 rings (SSSR count). The van der Waals surface area contributed by atoms with Crippen molar-refractivity contribution in [3.63, 3.8) is 0 Å². The van der Waals surface area contributed by atoms with E-state index in [0.29, 0.717) is 0 Å². The van der Waals surface area contributed by atoms with Gasteiger partial charge in [-0.05, 0) is 54.3 Å². The molecule has 0 unspecified atom stereocenters. The number of hydrogen-bond acceptors (Lipinski definition) is 4. The van der Waals surface area contributed by atoms with Crippen LogP contribution in [0.5, 0.6) is 0 Å². The molecule has 0 saturated carbocycles. The molecule has 24 heavy (non-hydrogen) atoms. The highest BCUT2D eigenvalue weighted by Gasteiger charge is 2.08. The fraction of sp³-hybridized carbons (Fsp3) is 0.211. The Balaban J connectivity index is 2.08. The molecule has 0 bridgehead atoms. The first-order valence-electron chi connectivity index (χ1n) is 7.83. The van der Waals surface area contributed by atoms with Gasteiger partial charge in [-0.15, -0.1) is 0 Å². The quantitative estimate of drug-likeness (QED) is 0.697. The predicted molar refractivity (Wildman–Crippen MR) is 102 cm³/mol. The molecule has 0 atom stereocenters. The Hall–Kier alpha value is -2.40. The number of benzene rings is 1. The molecule has 0 radical (unpaired) electrons. The predicted octanol–water partition coefficient (Wildman–Crippen LogP) is 5.59. The van der Waals surface area contributed by atoms with Gasteiger partial charge in [-0.3, -0.25) is 4.79 Å². The number of aromatic nitrogens is 2. The number of nitrogens with one attached hydrogen (secondary N) is 1. The van der Waals surface area contributed by atoms with Crippen LogP contribution in [0.3, 0.4) is 0 Å². The molecule has 5 heteroatoms. The van der Waals surface area contributed by atoms with Crippen molar-refractivity contribution in [2.75, 3.05) is 5.32 Å². The standard InChI is InChI=1S/C19H21N3OS/c1-4-7-17(8-5-2)24-19(23)20-16-10-6-9-15(13-16)18-12-11-14(3)21-22-18/h4,6-7,9-13H,1,5,8H2,2-3H3,(H,20,23)/b17-7+. The molecule has 1 aromatic carbocycles. The van der Waals surface area contributed by atoms with Gasteiger partial charge in [0.15, 0.2) is 0 Å². The van der Waals surface area contributed by atoms with E-state index in [9.17, 15) is 4.79 Å². The number of aryl methyl sites for hydroxylation is 1. The second-order valence-corrected chi connectivity index (χ2v) is 6.37. The van der Waals surface area contributed by atoms with E-state index in [0.717, 1.165) is 40.4 Å². The van der Waals surface area contributed by atoms with Gasteiger partial charge in [0.1, 0.15) is 0 Å². The summed E-state index contributed by atoms with van der Waals surface area (Å²) >= 11 is 1.20. The van der Waals surface area contributed by atoms with Crippen molar-refractivity contribution in [3.8, 4) is 11.3 Å². The highest BCUT2D eigenvalue weighted by molar-refractivity contribution is 8.17. The van der Waals surface area contributed by atoms with Gasteiger partial charge in [-0.25, -0.2) is 0 Å². The minimum atomic E-state index is -0.108. The van der Waals surface area contributed by atoms with Crippen molar-refractivity contribution in [1.82, 2.24) is 10.2 Å². The number of allylic oxidation sites excluding steroid dienone is 3. The lowest BCUT2D eigenvalue weighted by Gasteiger charge is -2.08. The molecule has 0 saturated heterocycles. The average Bonchev–Trinajstić information content (AvgIpc) is 2.56. The van der Waals surface area contributed by atoms with Crippen molar-refractivity contribution in [2.45, 2.75) is 26.7 Å². The summed E-state index contributed by atoms with van der Waals surface area (Å²) in [4.78, 5) is 13.2. The van der Waals surface area contributed by atoms with Gasteiger partial charge in [0.2, 0.25) is 0 Å². The number of carbonyl (C=O) groups is 1. The summed E-state index contributed by atoms with van der Waals surface area (Å²) < 4.78 is 0. The van der Waals surface area contributed by atoms with Gasteiger partial charge >= 0.3 is 0 Å². The Morgan fingerprint density at radius 3 is 2.79 bits per heavy atom. The van der Waals surface area contributed by atoms with Crippen molar-refractivity contribution in [2.24, 2.45) is 0 Å². The summed E-state index contributed by atoms with van der Waals surface area (Å²) in [6.07, 6.45) is 5.44. The van der Waals surface area contributed by atoms with Crippen LogP contribution < -0.4 is 5.32 Å². The molecule has 0 spiro atoms.